The molecular weight excluding hydrogens is 216 g/mol. The first-order valence-corrected chi connectivity index (χ1v) is 6.69. The number of carbonyl (C=O) groups is 1. The SMILES string of the molecule is CCOC(=O)CCCCCOCCC(C)(C)C. The first-order valence-electron chi connectivity index (χ1n) is 6.69. The van der Waals surface area contributed by atoms with E-state index in [1.165, 1.54) is 0 Å². The summed E-state index contributed by atoms with van der Waals surface area (Å²) in [7, 11) is 0. The van der Waals surface area contributed by atoms with Crippen LogP contribution in [-0.4, -0.2) is 25.8 Å². The molecule has 17 heavy (non-hydrogen) atoms. The van der Waals surface area contributed by atoms with Gasteiger partial charge >= 0.3 is 5.97 Å². The van der Waals surface area contributed by atoms with Gasteiger partial charge in [-0.15, -0.1) is 0 Å². The van der Waals surface area contributed by atoms with Crippen LogP contribution in [0.15, 0.2) is 0 Å². The van der Waals surface area contributed by atoms with Crippen molar-refractivity contribution in [2.24, 2.45) is 5.41 Å². The maximum Gasteiger partial charge on any atom is 0.305 e. The second-order valence-electron chi connectivity index (χ2n) is 5.54. The Balaban J connectivity index is 3.16. The smallest absolute Gasteiger partial charge is 0.305 e. The van der Waals surface area contributed by atoms with E-state index in [0.717, 1.165) is 38.9 Å². The van der Waals surface area contributed by atoms with Crippen LogP contribution in [0.2, 0.25) is 0 Å². The third kappa shape index (κ3) is 13.4. The van der Waals surface area contributed by atoms with Crippen LogP contribution in [0.1, 0.15) is 59.8 Å². The monoisotopic (exact) mass is 244 g/mol. The topological polar surface area (TPSA) is 35.5 Å². The molecule has 0 aromatic carbocycles. The highest BCUT2D eigenvalue weighted by Crippen LogP contribution is 2.17. The van der Waals surface area contributed by atoms with E-state index in [1.54, 1.807) is 0 Å². The Morgan fingerprint density at radius 1 is 1.06 bits per heavy atom. The van der Waals surface area contributed by atoms with Gasteiger partial charge in [0.25, 0.3) is 0 Å². The Morgan fingerprint density at radius 2 is 1.76 bits per heavy atom. The average molecular weight is 244 g/mol. The van der Waals surface area contributed by atoms with Crippen molar-refractivity contribution < 1.29 is 14.3 Å². The van der Waals surface area contributed by atoms with Crippen LogP contribution in [0.25, 0.3) is 0 Å². The molecule has 0 atom stereocenters. The van der Waals surface area contributed by atoms with Crippen molar-refractivity contribution in [3.05, 3.63) is 0 Å². The molecular formula is C14H28O3. The van der Waals surface area contributed by atoms with Crippen molar-refractivity contribution >= 4 is 5.97 Å². The van der Waals surface area contributed by atoms with E-state index in [4.69, 9.17) is 9.47 Å². The molecule has 0 unspecified atom stereocenters. The van der Waals surface area contributed by atoms with E-state index in [2.05, 4.69) is 20.8 Å². The molecule has 0 saturated carbocycles. The van der Waals surface area contributed by atoms with Crippen LogP contribution in [-0.2, 0) is 14.3 Å². The highest BCUT2D eigenvalue weighted by atomic mass is 16.5. The van der Waals surface area contributed by atoms with Gasteiger partial charge in [0.05, 0.1) is 6.61 Å². The number of hydrogen-bond acceptors (Lipinski definition) is 3. The number of rotatable bonds is 9. The Bertz CT molecular complexity index is 194. The maximum atomic E-state index is 11.0. The van der Waals surface area contributed by atoms with Gasteiger partial charge in [0.1, 0.15) is 0 Å². The normalized spacial score (nSPS) is 11.5. The van der Waals surface area contributed by atoms with Gasteiger partial charge in [-0.25, -0.2) is 0 Å². The zero-order valence-corrected chi connectivity index (χ0v) is 11.9. The van der Waals surface area contributed by atoms with E-state index in [1.807, 2.05) is 6.92 Å². The second-order valence-corrected chi connectivity index (χ2v) is 5.54. The third-order valence-electron chi connectivity index (χ3n) is 2.47. The van der Waals surface area contributed by atoms with Crippen molar-refractivity contribution in [2.75, 3.05) is 19.8 Å². The van der Waals surface area contributed by atoms with Gasteiger partial charge in [-0.05, 0) is 31.6 Å². The summed E-state index contributed by atoms with van der Waals surface area (Å²) in [5.74, 6) is -0.0823. The standard InChI is InChI=1S/C14H28O3/c1-5-17-13(15)9-7-6-8-11-16-12-10-14(2,3)4/h5-12H2,1-4H3. The molecule has 0 aliphatic heterocycles. The first kappa shape index (κ1) is 16.4. The van der Waals surface area contributed by atoms with Gasteiger partial charge in [0.15, 0.2) is 0 Å². The van der Waals surface area contributed by atoms with Crippen LogP contribution >= 0.6 is 0 Å². The van der Waals surface area contributed by atoms with Gasteiger partial charge in [0, 0.05) is 19.6 Å². The predicted molar refractivity (Wildman–Crippen MR) is 70.0 cm³/mol. The Morgan fingerprint density at radius 3 is 2.35 bits per heavy atom. The number of hydrogen-bond donors (Lipinski definition) is 0. The minimum absolute atomic E-state index is 0.0823. The maximum absolute atomic E-state index is 11.0. The summed E-state index contributed by atoms with van der Waals surface area (Å²) in [4.78, 5) is 11.0. The summed E-state index contributed by atoms with van der Waals surface area (Å²) in [6.45, 7) is 10.6. The van der Waals surface area contributed by atoms with Gasteiger partial charge in [0.2, 0.25) is 0 Å². The Kier molecular flexibility index (Phi) is 9.14. The van der Waals surface area contributed by atoms with Crippen LogP contribution in [0.4, 0.5) is 0 Å². The molecule has 3 nitrogen and oxygen atoms in total. The molecule has 0 saturated heterocycles. The van der Waals surface area contributed by atoms with Gasteiger partial charge in [-0.1, -0.05) is 27.2 Å². The molecule has 0 radical (unpaired) electrons. The fraction of sp³-hybridized carbons (Fsp3) is 0.929. The summed E-state index contributed by atoms with van der Waals surface area (Å²) < 4.78 is 10.4. The van der Waals surface area contributed by atoms with Crippen molar-refractivity contribution in [3.8, 4) is 0 Å². The largest absolute Gasteiger partial charge is 0.466 e. The summed E-state index contributed by atoms with van der Waals surface area (Å²) in [6.07, 6.45) is 4.60. The van der Waals surface area contributed by atoms with E-state index >= 15 is 0 Å². The third-order valence-corrected chi connectivity index (χ3v) is 2.47. The van der Waals surface area contributed by atoms with E-state index in [9.17, 15) is 4.79 Å². The molecule has 0 bridgehead atoms. The molecule has 0 N–H and O–H groups in total. The summed E-state index contributed by atoms with van der Waals surface area (Å²) in [5.41, 5.74) is 0.351. The fourth-order valence-corrected chi connectivity index (χ4v) is 1.36. The van der Waals surface area contributed by atoms with Crippen LogP contribution < -0.4 is 0 Å². The molecule has 0 aromatic rings. The number of ether oxygens (including phenoxy) is 2. The van der Waals surface area contributed by atoms with Crippen LogP contribution in [0.5, 0.6) is 0 Å². The second kappa shape index (κ2) is 9.46. The zero-order chi connectivity index (χ0) is 13.1. The summed E-state index contributed by atoms with van der Waals surface area (Å²) in [5, 5.41) is 0. The van der Waals surface area contributed by atoms with E-state index in [0.29, 0.717) is 18.4 Å². The van der Waals surface area contributed by atoms with Crippen molar-refractivity contribution in [2.45, 2.75) is 59.8 Å². The Labute approximate surface area is 106 Å². The first-order chi connectivity index (χ1) is 7.95. The highest BCUT2D eigenvalue weighted by molar-refractivity contribution is 5.69. The molecule has 0 rings (SSSR count). The lowest BCUT2D eigenvalue weighted by Gasteiger charge is -2.17. The Hall–Kier alpha value is -0.570. The van der Waals surface area contributed by atoms with Crippen molar-refractivity contribution in [1.82, 2.24) is 0 Å². The zero-order valence-electron chi connectivity index (χ0n) is 11.9. The molecule has 0 spiro atoms. The van der Waals surface area contributed by atoms with E-state index < -0.39 is 0 Å². The van der Waals surface area contributed by atoms with Gasteiger partial charge < -0.3 is 9.47 Å². The number of unbranched alkanes of at least 4 members (excludes halogenated alkanes) is 2. The lowest BCUT2D eigenvalue weighted by Crippen LogP contribution is -2.10. The van der Waals surface area contributed by atoms with Crippen LogP contribution in [0.3, 0.4) is 0 Å². The fourth-order valence-electron chi connectivity index (χ4n) is 1.36. The molecule has 0 aliphatic rings. The van der Waals surface area contributed by atoms with E-state index in [-0.39, 0.29) is 5.97 Å². The summed E-state index contributed by atoms with van der Waals surface area (Å²) in [6, 6.07) is 0. The number of esters is 1. The molecule has 102 valence electrons. The predicted octanol–water partition coefficient (Wildman–Crippen LogP) is 3.56. The molecule has 0 aromatic heterocycles. The number of carbonyl (C=O) groups excluding carboxylic acids is 1. The molecule has 3 heteroatoms. The molecule has 0 aliphatic carbocycles. The lowest BCUT2D eigenvalue weighted by molar-refractivity contribution is -0.143. The average Bonchev–Trinajstić information content (AvgIpc) is 2.21. The molecule has 0 amide bonds. The minimum atomic E-state index is -0.0823. The molecule has 0 heterocycles. The molecule has 0 fully saturated rings. The van der Waals surface area contributed by atoms with Crippen molar-refractivity contribution in [1.29, 1.82) is 0 Å². The van der Waals surface area contributed by atoms with Crippen LogP contribution in [0, 0.1) is 5.41 Å². The van der Waals surface area contributed by atoms with Crippen molar-refractivity contribution in [3.63, 3.8) is 0 Å². The lowest BCUT2D eigenvalue weighted by atomic mass is 9.93. The highest BCUT2D eigenvalue weighted by Gasteiger charge is 2.08. The minimum Gasteiger partial charge on any atom is -0.466 e. The van der Waals surface area contributed by atoms with Gasteiger partial charge in [-0.3, -0.25) is 4.79 Å². The van der Waals surface area contributed by atoms with Gasteiger partial charge in [-0.2, -0.15) is 0 Å². The summed E-state index contributed by atoms with van der Waals surface area (Å²) >= 11 is 0. The quantitative estimate of drug-likeness (QED) is 0.459.